The van der Waals surface area contributed by atoms with Crippen molar-refractivity contribution in [2.75, 3.05) is 6.54 Å². The molecule has 2 rings (SSSR count). The van der Waals surface area contributed by atoms with E-state index in [-0.39, 0.29) is 20.5 Å². The number of thiophene rings is 1. The lowest BCUT2D eigenvalue weighted by Gasteiger charge is -2.12. The van der Waals surface area contributed by atoms with Crippen LogP contribution in [0.3, 0.4) is 0 Å². The van der Waals surface area contributed by atoms with Gasteiger partial charge in [0.2, 0.25) is 5.91 Å². The van der Waals surface area contributed by atoms with Crippen LogP contribution in [0.4, 0.5) is 0 Å². The second-order valence-electron chi connectivity index (χ2n) is 3.62. The number of carbonyl (C=O) groups is 1. The van der Waals surface area contributed by atoms with E-state index in [1.54, 1.807) is 25.3 Å². The van der Waals surface area contributed by atoms with Gasteiger partial charge in [0.15, 0.2) is 5.17 Å². The summed E-state index contributed by atoms with van der Waals surface area (Å²) in [6.07, 6.45) is 0. The molecule has 0 unspecified atom stereocenters. The van der Waals surface area contributed by atoms with Crippen molar-refractivity contribution in [2.45, 2.75) is 23.3 Å². The molecule has 1 saturated heterocycles. The molecule has 5 nitrogen and oxygen atoms in total. The smallest absolute Gasteiger partial charge is 0.290 e. The summed E-state index contributed by atoms with van der Waals surface area (Å²) in [6.45, 7) is 3.97. The van der Waals surface area contributed by atoms with E-state index in [2.05, 4.69) is 4.40 Å². The van der Waals surface area contributed by atoms with Gasteiger partial charge in [-0.05, 0) is 25.3 Å². The summed E-state index contributed by atoms with van der Waals surface area (Å²) in [5.74, 6) is -0.0948. The average Bonchev–Trinajstić information content (AvgIpc) is 2.89. The van der Waals surface area contributed by atoms with Crippen LogP contribution in [-0.4, -0.2) is 36.2 Å². The maximum atomic E-state index is 12.0. The van der Waals surface area contributed by atoms with Crippen molar-refractivity contribution in [3.63, 3.8) is 0 Å². The Morgan fingerprint density at radius 1 is 1.50 bits per heavy atom. The summed E-state index contributed by atoms with van der Waals surface area (Å²) < 4.78 is 28.0. The number of amidine groups is 1. The number of sulfonamides is 1. The number of hydrogen-bond acceptors (Lipinski definition) is 5. The van der Waals surface area contributed by atoms with Gasteiger partial charge in [0, 0.05) is 6.54 Å². The van der Waals surface area contributed by atoms with Gasteiger partial charge in [0.25, 0.3) is 10.0 Å². The van der Waals surface area contributed by atoms with Crippen LogP contribution in [-0.2, 0) is 14.8 Å². The Kier molecular flexibility index (Phi) is 3.79. The first kappa shape index (κ1) is 13.6. The van der Waals surface area contributed by atoms with Gasteiger partial charge in [0.05, 0.1) is 5.25 Å². The van der Waals surface area contributed by atoms with Crippen LogP contribution in [0.2, 0.25) is 0 Å². The van der Waals surface area contributed by atoms with Crippen molar-refractivity contribution in [1.29, 1.82) is 0 Å². The third-order valence-electron chi connectivity index (χ3n) is 2.39. The molecule has 1 aromatic rings. The molecule has 1 aliphatic heterocycles. The Hall–Kier alpha value is -0.860. The van der Waals surface area contributed by atoms with E-state index in [1.807, 2.05) is 0 Å². The molecule has 0 aromatic carbocycles. The summed E-state index contributed by atoms with van der Waals surface area (Å²) in [5.41, 5.74) is 0. The van der Waals surface area contributed by atoms with Crippen LogP contribution in [0.25, 0.3) is 0 Å². The molecule has 8 heteroatoms. The maximum absolute atomic E-state index is 12.0. The molecule has 1 amide bonds. The Morgan fingerprint density at radius 3 is 2.78 bits per heavy atom. The Labute approximate surface area is 114 Å². The van der Waals surface area contributed by atoms with E-state index >= 15 is 0 Å². The predicted molar refractivity (Wildman–Crippen MR) is 73.4 cm³/mol. The maximum Gasteiger partial charge on any atom is 0.294 e. The quantitative estimate of drug-likeness (QED) is 0.853. The van der Waals surface area contributed by atoms with Crippen LogP contribution < -0.4 is 0 Å². The van der Waals surface area contributed by atoms with E-state index in [1.165, 1.54) is 22.7 Å². The van der Waals surface area contributed by atoms with Crippen molar-refractivity contribution in [3.8, 4) is 0 Å². The third kappa shape index (κ3) is 2.45. The normalized spacial score (nSPS) is 23.0. The fourth-order valence-corrected chi connectivity index (χ4v) is 4.72. The van der Waals surface area contributed by atoms with Crippen LogP contribution >= 0.6 is 23.1 Å². The number of amides is 1. The molecule has 98 valence electrons. The van der Waals surface area contributed by atoms with E-state index < -0.39 is 10.0 Å². The minimum Gasteiger partial charge on any atom is -0.290 e. The van der Waals surface area contributed by atoms with E-state index in [0.717, 1.165) is 11.3 Å². The summed E-state index contributed by atoms with van der Waals surface area (Å²) in [4.78, 5) is 13.2. The molecule has 18 heavy (non-hydrogen) atoms. The van der Waals surface area contributed by atoms with Gasteiger partial charge in [-0.3, -0.25) is 9.69 Å². The number of rotatable bonds is 3. The van der Waals surface area contributed by atoms with E-state index in [0.29, 0.717) is 6.54 Å². The van der Waals surface area contributed by atoms with E-state index in [4.69, 9.17) is 0 Å². The molecule has 0 aliphatic carbocycles. The lowest BCUT2D eigenvalue weighted by atomic mass is 10.4. The number of carbonyl (C=O) groups excluding carboxylic acids is 1. The molecule has 0 bridgehead atoms. The highest BCUT2D eigenvalue weighted by Gasteiger charge is 2.35. The monoisotopic (exact) mass is 304 g/mol. The highest BCUT2D eigenvalue weighted by Crippen LogP contribution is 2.29. The van der Waals surface area contributed by atoms with Gasteiger partial charge in [-0.25, -0.2) is 0 Å². The van der Waals surface area contributed by atoms with Gasteiger partial charge in [-0.1, -0.05) is 17.8 Å². The van der Waals surface area contributed by atoms with Gasteiger partial charge < -0.3 is 0 Å². The Morgan fingerprint density at radius 2 is 2.22 bits per heavy atom. The van der Waals surface area contributed by atoms with Crippen LogP contribution in [0.5, 0.6) is 0 Å². The van der Waals surface area contributed by atoms with Crippen molar-refractivity contribution >= 4 is 44.2 Å². The lowest BCUT2D eigenvalue weighted by Crippen LogP contribution is -2.31. The number of hydrogen-bond donors (Lipinski definition) is 0. The Bertz CT molecular complexity index is 578. The number of nitrogens with zero attached hydrogens (tertiary/aromatic N) is 2. The van der Waals surface area contributed by atoms with Crippen molar-refractivity contribution in [3.05, 3.63) is 17.5 Å². The summed E-state index contributed by atoms with van der Waals surface area (Å²) in [5, 5.41) is 1.67. The zero-order chi connectivity index (χ0) is 13.3. The van der Waals surface area contributed by atoms with Gasteiger partial charge in [-0.2, -0.15) is 8.42 Å². The standard InChI is InChI=1S/C10H12N2O3S3/c1-3-12-9(13)7(2)17-10(12)11-18(14,15)8-5-4-6-16-8/h4-7H,3H2,1-2H3/t7-/m0/s1. The molecule has 1 aromatic heterocycles. The van der Waals surface area contributed by atoms with Crippen LogP contribution in [0, 0.1) is 0 Å². The van der Waals surface area contributed by atoms with Crippen molar-refractivity contribution in [2.24, 2.45) is 4.40 Å². The highest BCUT2D eigenvalue weighted by molar-refractivity contribution is 8.16. The molecule has 1 atom stereocenters. The van der Waals surface area contributed by atoms with Crippen molar-refractivity contribution < 1.29 is 13.2 Å². The molecule has 1 fully saturated rings. The largest absolute Gasteiger partial charge is 0.294 e. The molecule has 0 N–H and O–H groups in total. The van der Waals surface area contributed by atoms with E-state index in [9.17, 15) is 13.2 Å². The zero-order valence-corrected chi connectivity index (χ0v) is 12.3. The molecule has 1 aliphatic rings. The fourth-order valence-electron chi connectivity index (χ4n) is 1.51. The first-order valence-electron chi connectivity index (χ1n) is 5.32. The molecular weight excluding hydrogens is 292 g/mol. The van der Waals surface area contributed by atoms with Gasteiger partial charge in [0.1, 0.15) is 4.21 Å². The minimum atomic E-state index is -3.70. The molecule has 0 radical (unpaired) electrons. The van der Waals surface area contributed by atoms with Crippen LogP contribution in [0.15, 0.2) is 26.1 Å². The second-order valence-corrected chi connectivity index (χ2v) is 7.71. The van der Waals surface area contributed by atoms with Gasteiger partial charge in [-0.15, -0.1) is 15.7 Å². The SMILES string of the molecule is CCN1C(=O)[C@H](C)SC1=NS(=O)(=O)c1cccs1. The molecule has 0 spiro atoms. The molecule has 0 saturated carbocycles. The lowest BCUT2D eigenvalue weighted by molar-refractivity contribution is -0.125. The predicted octanol–water partition coefficient (Wildman–Crippen LogP) is 1.78. The second kappa shape index (κ2) is 5.02. The average molecular weight is 304 g/mol. The van der Waals surface area contributed by atoms with Crippen LogP contribution in [0.1, 0.15) is 13.8 Å². The molecule has 2 heterocycles. The van der Waals surface area contributed by atoms with Gasteiger partial charge >= 0.3 is 0 Å². The third-order valence-corrected chi connectivity index (χ3v) is 6.22. The van der Waals surface area contributed by atoms with Crippen molar-refractivity contribution in [1.82, 2.24) is 4.90 Å². The Balaban J connectivity index is 2.37. The summed E-state index contributed by atoms with van der Waals surface area (Å²) >= 11 is 2.30. The summed E-state index contributed by atoms with van der Waals surface area (Å²) in [6, 6.07) is 3.16. The number of thioether (sulfide) groups is 1. The first-order valence-corrected chi connectivity index (χ1v) is 8.52. The highest BCUT2D eigenvalue weighted by atomic mass is 32.2. The topological polar surface area (TPSA) is 66.8 Å². The summed E-state index contributed by atoms with van der Waals surface area (Å²) in [7, 11) is -3.70. The zero-order valence-electron chi connectivity index (χ0n) is 9.86. The first-order chi connectivity index (χ1) is 8.45. The molecular formula is C10H12N2O3S3. The fraction of sp³-hybridized carbons (Fsp3) is 0.400. The minimum absolute atomic E-state index is 0.0948.